The van der Waals surface area contributed by atoms with Gasteiger partial charge in [-0.1, -0.05) is 60.2 Å². The number of aryl methyl sites for hydroxylation is 1. The number of nitrogens with zero attached hydrogens (tertiary/aromatic N) is 1. The Morgan fingerprint density at radius 2 is 1.60 bits per heavy atom. The van der Waals surface area contributed by atoms with Gasteiger partial charge < -0.3 is 14.7 Å². The van der Waals surface area contributed by atoms with Crippen LogP contribution in [0.2, 0.25) is 0 Å². The maximum Gasteiger partial charge on any atom is 0.303 e. The average molecular weight is 473 g/mol. The Bertz CT molecular complexity index is 1170. The minimum absolute atomic E-state index is 0.0563. The van der Waals surface area contributed by atoms with Crippen molar-refractivity contribution in [1.29, 1.82) is 0 Å². The molecular weight excluding hydrogens is 438 g/mol. The van der Waals surface area contributed by atoms with Gasteiger partial charge in [-0.3, -0.25) is 9.59 Å². The zero-order chi connectivity index (χ0) is 25.5. The van der Waals surface area contributed by atoms with Gasteiger partial charge in [0.1, 0.15) is 5.75 Å². The molecule has 1 atom stereocenters. The fourth-order valence-electron chi connectivity index (χ4n) is 3.99. The second-order valence-corrected chi connectivity index (χ2v) is 9.11. The van der Waals surface area contributed by atoms with Gasteiger partial charge in [0, 0.05) is 30.1 Å². The van der Waals surface area contributed by atoms with Crippen molar-refractivity contribution in [2.24, 2.45) is 0 Å². The van der Waals surface area contributed by atoms with Crippen LogP contribution in [0.25, 0.3) is 11.1 Å². The highest BCUT2D eigenvalue weighted by Gasteiger charge is 2.33. The molecule has 0 heterocycles. The van der Waals surface area contributed by atoms with Gasteiger partial charge in [0.25, 0.3) is 5.91 Å². The Balaban J connectivity index is 1.45. The van der Waals surface area contributed by atoms with Gasteiger partial charge in [-0.15, -0.1) is 0 Å². The number of rotatable bonds is 12. The van der Waals surface area contributed by atoms with E-state index in [1.165, 1.54) is 5.56 Å². The van der Waals surface area contributed by atoms with Crippen molar-refractivity contribution in [2.45, 2.75) is 58.0 Å². The third-order valence-electron chi connectivity index (χ3n) is 6.18. The molecule has 182 valence electrons. The summed E-state index contributed by atoms with van der Waals surface area (Å²) in [6.45, 7) is 1.63. The molecule has 4 rings (SSSR count). The van der Waals surface area contributed by atoms with Crippen LogP contribution in [0.1, 0.15) is 61.4 Å². The number of carboxylic acid groups (broad SMARTS) is 1. The lowest BCUT2D eigenvalue weighted by molar-refractivity contribution is -0.137. The molecule has 5 nitrogen and oxygen atoms in total. The fraction of sp³-hybridized carbons (Fsp3) is 0.333. The summed E-state index contributed by atoms with van der Waals surface area (Å²) < 4.78 is 15.0. The first-order chi connectivity index (χ1) is 17.4. The standard InChI is InChI=1S/C30H33NO4/c1-22-10-12-23(13-11-22)24-14-16-25(17-15-24)30(34)31(27-18-19-27)21-26-7-4-5-8-28(26)35-20-6-2-3-9-29(32)33/h4-5,7-8,10-17,27H,2-3,6,9,18-21H2,1H3,(H,32,33)/i21D. The van der Waals surface area contributed by atoms with Crippen LogP contribution in [0.3, 0.4) is 0 Å². The number of carboxylic acids is 1. The molecule has 1 N–H and O–H groups in total. The summed E-state index contributed by atoms with van der Waals surface area (Å²) in [4.78, 5) is 25.9. The van der Waals surface area contributed by atoms with Gasteiger partial charge >= 0.3 is 5.97 Å². The Morgan fingerprint density at radius 3 is 2.26 bits per heavy atom. The van der Waals surface area contributed by atoms with Crippen molar-refractivity contribution in [3.8, 4) is 16.9 Å². The first-order valence-electron chi connectivity index (χ1n) is 12.9. The van der Waals surface area contributed by atoms with E-state index in [2.05, 4.69) is 31.2 Å². The zero-order valence-electron chi connectivity index (χ0n) is 21.2. The van der Waals surface area contributed by atoms with E-state index >= 15 is 0 Å². The van der Waals surface area contributed by atoms with Crippen LogP contribution in [-0.4, -0.2) is 34.5 Å². The molecule has 3 aromatic rings. The normalized spacial score (nSPS) is 14.1. The van der Waals surface area contributed by atoms with E-state index in [-0.39, 0.29) is 18.4 Å². The Kier molecular flexibility index (Phi) is 7.74. The number of para-hydroxylation sites is 1. The van der Waals surface area contributed by atoms with Gasteiger partial charge in [-0.05, 0) is 68.4 Å². The van der Waals surface area contributed by atoms with E-state index in [1.54, 1.807) is 4.90 Å². The Labute approximate surface area is 208 Å². The molecule has 3 aromatic carbocycles. The van der Waals surface area contributed by atoms with E-state index in [4.69, 9.17) is 11.2 Å². The van der Waals surface area contributed by atoms with Crippen LogP contribution < -0.4 is 4.74 Å². The summed E-state index contributed by atoms with van der Waals surface area (Å²) in [7, 11) is 0. The molecule has 1 aliphatic rings. The molecule has 1 fully saturated rings. The largest absolute Gasteiger partial charge is 0.493 e. The molecule has 1 amide bonds. The number of aliphatic carboxylic acids is 1. The molecule has 0 aliphatic heterocycles. The molecule has 1 saturated carbocycles. The summed E-state index contributed by atoms with van der Waals surface area (Å²) in [6, 6.07) is 23.4. The van der Waals surface area contributed by atoms with Gasteiger partial charge in [-0.25, -0.2) is 0 Å². The van der Waals surface area contributed by atoms with E-state index in [1.807, 2.05) is 48.5 Å². The summed E-state index contributed by atoms with van der Waals surface area (Å²) in [5.41, 5.74) is 4.60. The third kappa shape index (κ3) is 6.95. The van der Waals surface area contributed by atoms with Crippen LogP contribution in [0, 0.1) is 6.92 Å². The van der Waals surface area contributed by atoms with Gasteiger partial charge in [0.05, 0.1) is 7.98 Å². The monoisotopic (exact) mass is 472 g/mol. The smallest absolute Gasteiger partial charge is 0.303 e. The molecular formula is C30H33NO4. The summed E-state index contributed by atoms with van der Waals surface area (Å²) >= 11 is 0. The van der Waals surface area contributed by atoms with Gasteiger partial charge in [-0.2, -0.15) is 0 Å². The van der Waals surface area contributed by atoms with Gasteiger partial charge in [0.15, 0.2) is 0 Å². The quantitative estimate of drug-likeness (QED) is 0.306. The first kappa shape index (κ1) is 23.2. The lowest BCUT2D eigenvalue weighted by atomic mass is 10.0. The molecule has 0 spiro atoms. The predicted molar refractivity (Wildman–Crippen MR) is 138 cm³/mol. The molecule has 0 radical (unpaired) electrons. The minimum atomic E-state index is -0.870. The number of benzene rings is 3. The number of hydrogen-bond donors (Lipinski definition) is 1. The highest BCUT2D eigenvalue weighted by molar-refractivity contribution is 5.95. The topological polar surface area (TPSA) is 66.8 Å². The number of hydrogen-bond acceptors (Lipinski definition) is 3. The van der Waals surface area contributed by atoms with Crippen LogP contribution in [0.5, 0.6) is 5.75 Å². The van der Waals surface area contributed by atoms with Crippen LogP contribution in [-0.2, 0) is 11.3 Å². The van der Waals surface area contributed by atoms with Crippen molar-refractivity contribution in [3.05, 3.63) is 89.5 Å². The SMILES string of the molecule is [2H]C(c1ccccc1OCCCCCC(=O)O)N(C(=O)c1ccc(-c2ccc(C)cc2)cc1)C1CC1. The first-order valence-corrected chi connectivity index (χ1v) is 12.3. The lowest BCUT2D eigenvalue weighted by Gasteiger charge is -2.24. The van der Waals surface area contributed by atoms with Crippen molar-refractivity contribution in [1.82, 2.24) is 4.90 Å². The molecule has 0 aromatic heterocycles. The highest BCUT2D eigenvalue weighted by atomic mass is 16.5. The van der Waals surface area contributed by atoms with E-state index in [0.717, 1.165) is 36.8 Å². The van der Waals surface area contributed by atoms with Crippen molar-refractivity contribution >= 4 is 11.9 Å². The highest BCUT2D eigenvalue weighted by Crippen LogP contribution is 2.32. The maximum absolute atomic E-state index is 13.5. The molecule has 35 heavy (non-hydrogen) atoms. The third-order valence-corrected chi connectivity index (χ3v) is 6.18. The number of ether oxygens (including phenoxy) is 1. The van der Waals surface area contributed by atoms with Gasteiger partial charge in [0.2, 0.25) is 0 Å². The Hall–Kier alpha value is -3.60. The summed E-state index contributed by atoms with van der Waals surface area (Å²) in [6.07, 6.45) is 4.08. The number of carbonyl (C=O) groups excluding carboxylic acids is 1. The van der Waals surface area contributed by atoms with Crippen molar-refractivity contribution in [3.63, 3.8) is 0 Å². The zero-order valence-corrected chi connectivity index (χ0v) is 20.2. The number of unbranched alkanes of at least 4 members (excludes halogenated alkanes) is 2. The van der Waals surface area contributed by atoms with Crippen LogP contribution in [0.4, 0.5) is 0 Å². The van der Waals surface area contributed by atoms with E-state index in [0.29, 0.717) is 29.9 Å². The van der Waals surface area contributed by atoms with E-state index in [9.17, 15) is 9.59 Å². The van der Waals surface area contributed by atoms with E-state index < -0.39 is 12.5 Å². The summed E-state index contributed by atoms with van der Waals surface area (Å²) in [5, 5.41) is 8.76. The second kappa shape index (κ2) is 11.7. The predicted octanol–water partition coefficient (Wildman–Crippen LogP) is 6.49. The molecule has 0 bridgehead atoms. The van der Waals surface area contributed by atoms with Crippen LogP contribution >= 0.6 is 0 Å². The van der Waals surface area contributed by atoms with Crippen molar-refractivity contribution < 1.29 is 20.8 Å². The fourth-order valence-corrected chi connectivity index (χ4v) is 3.99. The molecule has 5 heteroatoms. The number of carbonyl (C=O) groups is 2. The van der Waals surface area contributed by atoms with Crippen LogP contribution in [0.15, 0.2) is 72.8 Å². The Morgan fingerprint density at radius 1 is 0.943 bits per heavy atom. The average Bonchev–Trinajstić information content (AvgIpc) is 3.72. The van der Waals surface area contributed by atoms with Crippen molar-refractivity contribution in [2.75, 3.05) is 6.61 Å². The minimum Gasteiger partial charge on any atom is -0.493 e. The summed E-state index contributed by atoms with van der Waals surface area (Å²) in [5.74, 6) is -0.326. The maximum atomic E-state index is 13.5. The lowest BCUT2D eigenvalue weighted by Crippen LogP contribution is -2.32. The number of amides is 1. The molecule has 1 aliphatic carbocycles. The molecule has 1 unspecified atom stereocenters. The second-order valence-electron chi connectivity index (χ2n) is 9.11. The molecule has 0 saturated heterocycles.